The minimum Gasteiger partial charge on any atom is -0.481 e. The molecule has 0 unspecified atom stereocenters. The third kappa shape index (κ3) is 4.70. The second-order valence-corrected chi connectivity index (χ2v) is 4.91. The summed E-state index contributed by atoms with van der Waals surface area (Å²) in [4.78, 5) is 25.8. The van der Waals surface area contributed by atoms with E-state index in [9.17, 15) is 22.8 Å². The van der Waals surface area contributed by atoms with Crippen molar-refractivity contribution < 1.29 is 27.9 Å². The number of hydrogen-bond donors (Lipinski definition) is 2. The number of imidazole rings is 1. The van der Waals surface area contributed by atoms with Gasteiger partial charge in [0.05, 0.1) is 17.7 Å². The lowest BCUT2D eigenvalue weighted by molar-refractivity contribution is -0.139. The fourth-order valence-corrected chi connectivity index (χ4v) is 1.97. The Balaban J connectivity index is 1.94. The molecule has 0 aromatic carbocycles. The molecule has 1 amide bonds. The number of hydrogen-bond acceptors (Lipinski definition) is 3. The molecule has 23 heavy (non-hydrogen) atoms. The summed E-state index contributed by atoms with van der Waals surface area (Å²) in [5, 5.41) is 11.0. The third-order valence-electron chi connectivity index (χ3n) is 3.10. The highest BCUT2D eigenvalue weighted by Crippen LogP contribution is 2.29. The largest absolute Gasteiger partial charge is 0.481 e. The average molecular weight is 329 g/mol. The summed E-state index contributed by atoms with van der Waals surface area (Å²) in [6.45, 7) is 0.231. The summed E-state index contributed by atoms with van der Waals surface area (Å²) < 4.78 is 39.1. The molecular weight excluding hydrogens is 315 g/mol. The van der Waals surface area contributed by atoms with Crippen LogP contribution in [0, 0.1) is 0 Å². The highest BCUT2D eigenvalue weighted by molar-refractivity contribution is 5.80. The minimum atomic E-state index is -4.42. The Bertz CT molecular complexity index is 725. The number of fused-ring (bicyclic) bond motifs is 1. The Morgan fingerprint density at radius 3 is 2.61 bits per heavy atom. The number of carboxylic acids is 1. The molecule has 124 valence electrons. The topological polar surface area (TPSA) is 83.7 Å². The van der Waals surface area contributed by atoms with Crippen molar-refractivity contribution in [2.75, 3.05) is 6.54 Å². The van der Waals surface area contributed by atoms with Gasteiger partial charge in [-0.1, -0.05) is 0 Å². The maximum Gasteiger partial charge on any atom is 0.417 e. The van der Waals surface area contributed by atoms with Crippen LogP contribution in [0.3, 0.4) is 0 Å². The van der Waals surface area contributed by atoms with Gasteiger partial charge in [-0.05, 0) is 12.1 Å². The van der Waals surface area contributed by atoms with Crippen molar-refractivity contribution in [2.45, 2.75) is 25.4 Å². The maximum absolute atomic E-state index is 12.6. The second-order valence-electron chi connectivity index (χ2n) is 4.91. The second kappa shape index (κ2) is 6.67. The molecule has 0 bridgehead atoms. The molecule has 0 radical (unpaired) electrons. The quantitative estimate of drug-likeness (QED) is 0.847. The molecule has 0 spiro atoms. The van der Waals surface area contributed by atoms with E-state index in [1.807, 2.05) is 0 Å². The van der Waals surface area contributed by atoms with E-state index in [2.05, 4.69) is 10.3 Å². The number of carbonyl (C=O) groups is 2. The summed E-state index contributed by atoms with van der Waals surface area (Å²) in [5.74, 6) is -1.45. The van der Waals surface area contributed by atoms with Crippen LogP contribution in [-0.2, 0) is 22.2 Å². The standard InChI is InChI=1S/C14H14F3N3O3/c15-14(16,17)9-1-2-11-19-10(8-20(11)7-9)5-6-18-12(21)3-4-13(22)23/h1-2,7-8H,3-6H2,(H,18,21)(H,22,23). The van der Waals surface area contributed by atoms with Gasteiger partial charge in [0.15, 0.2) is 0 Å². The molecule has 0 saturated heterocycles. The summed E-state index contributed by atoms with van der Waals surface area (Å²) in [6.07, 6.45) is -2.03. The molecular formula is C14H14F3N3O3. The highest BCUT2D eigenvalue weighted by atomic mass is 19.4. The molecule has 0 aliphatic heterocycles. The van der Waals surface area contributed by atoms with Crippen molar-refractivity contribution in [1.82, 2.24) is 14.7 Å². The zero-order chi connectivity index (χ0) is 17.0. The molecule has 0 aliphatic carbocycles. The van der Waals surface area contributed by atoms with Gasteiger partial charge in [0.1, 0.15) is 5.65 Å². The number of rotatable bonds is 6. The first-order valence-corrected chi connectivity index (χ1v) is 6.79. The third-order valence-corrected chi connectivity index (χ3v) is 3.10. The van der Waals surface area contributed by atoms with Crippen molar-refractivity contribution in [1.29, 1.82) is 0 Å². The Morgan fingerprint density at radius 1 is 1.22 bits per heavy atom. The SMILES string of the molecule is O=C(O)CCC(=O)NCCc1cn2cc(C(F)(F)F)ccc2n1. The van der Waals surface area contributed by atoms with Gasteiger partial charge >= 0.3 is 12.1 Å². The number of pyridine rings is 1. The van der Waals surface area contributed by atoms with Gasteiger partial charge in [-0.25, -0.2) is 4.98 Å². The van der Waals surface area contributed by atoms with Gasteiger partial charge < -0.3 is 14.8 Å². The van der Waals surface area contributed by atoms with E-state index in [-0.39, 0.29) is 19.4 Å². The van der Waals surface area contributed by atoms with Crippen LogP contribution in [0.15, 0.2) is 24.5 Å². The minimum absolute atomic E-state index is 0.116. The molecule has 6 nitrogen and oxygen atoms in total. The summed E-state index contributed by atoms with van der Waals surface area (Å²) in [7, 11) is 0. The van der Waals surface area contributed by atoms with Crippen molar-refractivity contribution in [2.24, 2.45) is 0 Å². The van der Waals surface area contributed by atoms with Crippen molar-refractivity contribution >= 4 is 17.5 Å². The predicted octanol–water partition coefficient (Wildman–Crippen LogP) is 1.88. The van der Waals surface area contributed by atoms with Crippen LogP contribution in [0.4, 0.5) is 13.2 Å². The van der Waals surface area contributed by atoms with Gasteiger partial charge in [0.25, 0.3) is 0 Å². The van der Waals surface area contributed by atoms with Gasteiger partial charge in [-0.3, -0.25) is 9.59 Å². The first-order chi connectivity index (χ1) is 10.8. The fraction of sp³-hybridized carbons (Fsp3) is 0.357. The zero-order valence-electron chi connectivity index (χ0n) is 11.9. The van der Waals surface area contributed by atoms with E-state index in [1.54, 1.807) is 0 Å². The Kier molecular flexibility index (Phi) is 4.87. The fourth-order valence-electron chi connectivity index (χ4n) is 1.97. The van der Waals surface area contributed by atoms with Crippen LogP contribution >= 0.6 is 0 Å². The number of carboxylic acid groups (broad SMARTS) is 1. The lowest BCUT2D eigenvalue weighted by atomic mass is 10.3. The number of alkyl halides is 3. The van der Waals surface area contributed by atoms with Crippen molar-refractivity contribution in [3.8, 4) is 0 Å². The molecule has 0 aliphatic rings. The van der Waals surface area contributed by atoms with E-state index in [4.69, 9.17) is 5.11 Å². The van der Waals surface area contributed by atoms with E-state index >= 15 is 0 Å². The summed E-state index contributed by atoms with van der Waals surface area (Å²) >= 11 is 0. The Morgan fingerprint density at radius 2 is 1.96 bits per heavy atom. The summed E-state index contributed by atoms with van der Waals surface area (Å²) in [6, 6.07) is 2.23. The molecule has 0 saturated carbocycles. The zero-order valence-corrected chi connectivity index (χ0v) is 11.9. The number of amides is 1. The van der Waals surface area contributed by atoms with Crippen molar-refractivity contribution in [3.63, 3.8) is 0 Å². The first kappa shape index (κ1) is 16.8. The molecule has 2 N–H and O–H groups in total. The monoisotopic (exact) mass is 329 g/mol. The highest BCUT2D eigenvalue weighted by Gasteiger charge is 2.30. The normalized spacial score (nSPS) is 11.6. The number of halogens is 3. The lowest BCUT2D eigenvalue weighted by Gasteiger charge is -2.05. The summed E-state index contributed by atoms with van der Waals surface area (Å²) in [5.41, 5.74) is 0.143. The van der Waals surface area contributed by atoms with E-state index < -0.39 is 23.6 Å². The van der Waals surface area contributed by atoms with Crippen LogP contribution in [0.5, 0.6) is 0 Å². The number of carbonyl (C=O) groups excluding carboxylic acids is 1. The van der Waals surface area contributed by atoms with Gasteiger partial charge in [0.2, 0.25) is 5.91 Å². The van der Waals surface area contributed by atoms with Crippen LogP contribution in [0.1, 0.15) is 24.1 Å². The molecule has 2 aromatic rings. The van der Waals surface area contributed by atoms with Crippen LogP contribution in [-0.4, -0.2) is 32.9 Å². The van der Waals surface area contributed by atoms with Gasteiger partial charge in [-0.2, -0.15) is 13.2 Å². The van der Waals surface area contributed by atoms with Crippen LogP contribution in [0.2, 0.25) is 0 Å². The molecule has 2 rings (SSSR count). The van der Waals surface area contributed by atoms with Crippen LogP contribution < -0.4 is 5.32 Å². The lowest BCUT2D eigenvalue weighted by Crippen LogP contribution is -2.26. The van der Waals surface area contributed by atoms with E-state index in [0.717, 1.165) is 12.3 Å². The number of aliphatic carboxylic acids is 1. The molecule has 2 aromatic heterocycles. The molecule has 2 heterocycles. The maximum atomic E-state index is 12.6. The molecule has 9 heteroatoms. The Labute approximate surface area is 128 Å². The Hall–Kier alpha value is -2.58. The molecule has 0 atom stereocenters. The predicted molar refractivity (Wildman–Crippen MR) is 73.8 cm³/mol. The number of nitrogens with zero attached hydrogens (tertiary/aromatic N) is 2. The van der Waals surface area contributed by atoms with Gasteiger partial charge in [0, 0.05) is 31.8 Å². The molecule has 0 fully saturated rings. The average Bonchev–Trinajstić information content (AvgIpc) is 2.85. The smallest absolute Gasteiger partial charge is 0.417 e. The number of nitrogens with one attached hydrogen (secondary N) is 1. The van der Waals surface area contributed by atoms with E-state index in [0.29, 0.717) is 17.8 Å². The van der Waals surface area contributed by atoms with Crippen molar-refractivity contribution in [3.05, 3.63) is 35.8 Å². The van der Waals surface area contributed by atoms with Crippen LogP contribution in [0.25, 0.3) is 5.65 Å². The van der Waals surface area contributed by atoms with E-state index in [1.165, 1.54) is 16.7 Å². The number of aromatic nitrogens is 2. The first-order valence-electron chi connectivity index (χ1n) is 6.79. The van der Waals surface area contributed by atoms with Gasteiger partial charge in [-0.15, -0.1) is 0 Å².